The molecule has 2 unspecified atom stereocenters. The molecule has 2 aliphatic rings. The summed E-state index contributed by atoms with van der Waals surface area (Å²) in [5, 5.41) is 0. The zero-order valence-corrected chi connectivity index (χ0v) is 9.09. The Morgan fingerprint density at radius 2 is 2.13 bits per heavy atom. The Balaban J connectivity index is 1.93. The molecule has 1 heterocycles. The van der Waals surface area contributed by atoms with Gasteiger partial charge in [0.2, 0.25) is 0 Å². The third-order valence-corrected chi connectivity index (χ3v) is 3.82. The van der Waals surface area contributed by atoms with E-state index >= 15 is 0 Å². The average molecular weight is 218 g/mol. The first-order valence-electron chi connectivity index (χ1n) is 5.94. The smallest absolute Gasteiger partial charge is 0.252 e. The second-order valence-electron chi connectivity index (χ2n) is 4.92. The molecule has 2 nitrogen and oxygen atoms in total. The van der Waals surface area contributed by atoms with Gasteiger partial charge in [-0.15, -0.1) is 0 Å². The Hall–Kier alpha value is -0.220. The van der Waals surface area contributed by atoms with E-state index in [1.54, 1.807) is 0 Å². The third-order valence-electron chi connectivity index (χ3n) is 3.82. The fraction of sp³-hybridized carbons (Fsp3) is 1.00. The standard InChI is InChI=1S/C11H20F2N2/c12-11(13)4-1-3-9-7-15(6-2-5-14)8-10(9)11/h9-10H,1-8,14H2. The summed E-state index contributed by atoms with van der Waals surface area (Å²) in [7, 11) is 0. The largest absolute Gasteiger partial charge is 0.330 e. The van der Waals surface area contributed by atoms with Crippen LogP contribution in [0, 0.1) is 11.8 Å². The van der Waals surface area contributed by atoms with E-state index in [0.29, 0.717) is 19.5 Å². The van der Waals surface area contributed by atoms with Gasteiger partial charge in [-0.3, -0.25) is 0 Å². The van der Waals surface area contributed by atoms with E-state index in [9.17, 15) is 8.78 Å². The van der Waals surface area contributed by atoms with Gasteiger partial charge < -0.3 is 10.6 Å². The Morgan fingerprint density at radius 1 is 1.33 bits per heavy atom. The molecule has 4 heteroatoms. The summed E-state index contributed by atoms with van der Waals surface area (Å²) in [6.45, 7) is 2.99. The van der Waals surface area contributed by atoms with E-state index in [-0.39, 0.29) is 18.3 Å². The second kappa shape index (κ2) is 4.34. The number of fused-ring (bicyclic) bond motifs is 1. The highest BCUT2D eigenvalue weighted by molar-refractivity contribution is 4.95. The molecule has 88 valence electrons. The molecule has 2 N–H and O–H groups in total. The van der Waals surface area contributed by atoms with Gasteiger partial charge in [0.15, 0.2) is 0 Å². The maximum Gasteiger partial charge on any atom is 0.252 e. The number of hydrogen-bond donors (Lipinski definition) is 1. The fourth-order valence-electron chi connectivity index (χ4n) is 3.01. The summed E-state index contributed by atoms with van der Waals surface area (Å²) in [6, 6.07) is 0. The fourth-order valence-corrected chi connectivity index (χ4v) is 3.01. The Labute approximate surface area is 89.8 Å². The van der Waals surface area contributed by atoms with Crippen molar-refractivity contribution in [2.75, 3.05) is 26.2 Å². The van der Waals surface area contributed by atoms with Crippen molar-refractivity contribution in [2.24, 2.45) is 17.6 Å². The molecule has 1 saturated heterocycles. The molecular formula is C11H20F2N2. The summed E-state index contributed by atoms with van der Waals surface area (Å²) in [4.78, 5) is 2.17. The van der Waals surface area contributed by atoms with Crippen molar-refractivity contribution in [3.63, 3.8) is 0 Å². The van der Waals surface area contributed by atoms with Gasteiger partial charge in [0.05, 0.1) is 0 Å². The highest BCUT2D eigenvalue weighted by Gasteiger charge is 2.50. The van der Waals surface area contributed by atoms with Gasteiger partial charge in [-0.05, 0) is 38.3 Å². The van der Waals surface area contributed by atoms with Crippen LogP contribution in [0.25, 0.3) is 0 Å². The third kappa shape index (κ3) is 2.31. The predicted octanol–water partition coefficient (Wildman–Crippen LogP) is 1.70. The van der Waals surface area contributed by atoms with E-state index < -0.39 is 5.92 Å². The van der Waals surface area contributed by atoms with Crippen LogP contribution in [-0.2, 0) is 0 Å². The SMILES string of the molecule is NCCCN1CC2CCCC(F)(F)C2C1. The van der Waals surface area contributed by atoms with Gasteiger partial charge in [-0.2, -0.15) is 0 Å². The van der Waals surface area contributed by atoms with Crippen LogP contribution >= 0.6 is 0 Å². The maximum absolute atomic E-state index is 13.6. The average Bonchev–Trinajstić information content (AvgIpc) is 2.59. The van der Waals surface area contributed by atoms with Crippen molar-refractivity contribution in [2.45, 2.75) is 31.6 Å². The van der Waals surface area contributed by atoms with Crippen LogP contribution in [0.4, 0.5) is 8.78 Å². The molecule has 0 aromatic heterocycles. The number of halogens is 2. The van der Waals surface area contributed by atoms with Gasteiger partial charge in [-0.1, -0.05) is 0 Å². The minimum atomic E-state index is -2.42. The number of likely N-dealkylation sites (tertiary alicyclic amines) is 1. The lowest BCUT2D eigenvalue weighted by Gasteiger charge is -2.32. The molecule has 15 heavy (non-hydrogen) atoms. The van der Waals surface area contributed by atoms with Gasteiger partial charge in [0.25, 0.3) is 5.92 Å². The molecule has 1 aliphatic heterocycles. The summed E-state index contributed by atoms with van der Waals surface area (Å²) >= 11 is 0. The van der Waals surface area contributed by atoms with Crippen LogP contribution in [0.1, 0.15) is 25.7 Å². The van der Waals surface area contributed by atoms with Crippen molar-refractivity contribution < 1.29 is 8.78 Å². The summed E-state index contributed by atoms with van der Waals surface area (Å²) < 4.78 is 27.2. The van der Waals surface area contributed by atoms with Gasteiger partial charge in [-0.25, -0.2) is 8.78 Å². The second-order valence-corrected chi connectivity index (χ2v) is 4.92. The van der Waals surface area contributed by atoms with Crippen molar-refractivity contribution in [3.8, 4) is 0 Å². The monoisotopic (exact) mass is 218 g/mol. The van der Waals surface area contributed by atoms with Crippen molar-refractivity contribution in [1.82, 2.24) is 4.90 Å². The number of hydrogen-bond acceptors (Lipinski definition) is 2. The molecule has 0 spiro atoms. The van der Waals surface area contributed by atoms with Crippen LogP contribution < -0.4 is 5.73 Å². The Bertz CT molecular complexity index is 221. The van der Waals surface area contributed by atoms with Crippen LogP contribution in [0.15, 0.2) is 0 Å². The number of nitrogens with two attached hydrogens (primary N) is 1. The van der Waals surface area contributed by atoms with E-state index in [0.717, 1.165) is 25.9 Å². The van der Waals surface area contributed by atoms with Gasteiger partial charge in [0.1, 0.15) is 0 Å². The number of nitrogens with zero attached hydrogens (tertiary/aromatic N) is 1. The molecule has 0 amide bonds. The molecule has 0 radical (unpaired) electrons. The molecule has 1 aliphatic carbocycles. The zero-order valence-electron chi connectivity index (χ0n) is 9.09. The first-order chi connectivity index (χ1) is 7.13. The van der Waals surface area contributed by atoms with E-state index in [2.05, 4.69) is 4.90 Å². The maximum atomic E-state index is 13.6. The van der Waals surface area contributed by atoms with Crippen LogP contribution in [0.3, 0.4) is 0 Å². The Kier molecular flexibility index (Phi) is 3.26. The topological polar surface area (TPSA) is 29.3 Å². The minimum absolute atomic E-state index is 0.0961. The lowest BCUT2D eigenvalue weighted by Crippen LogP contribution is -2.37. The lowest BCUT2D eigenvalue weighted by atomic mass is 9.79. The van der Waals surface area contributed by atoms with Crippen molar-refractivity contribution in [1.29, 1.82) is 0 Å². The molecule has 1 saturated carbocycles. The summed E-state index contributed by atoms with van der Waals surface area (Å²) in [6.07, 6.45) is 2.70. The van der Waals surface area contributed by atoms with E-state index in [4.69, 9.17) is 5.73 Å². The summed E-state index contributed by atoms with van der Waals surface area (Å²) in [5.74, 6) is -2.57. The highest BCUT2D eigenvalue weighted by Crippen LogP contribution is 2.45. The quantitative estimate of drug-likeness (QED) is 0.781. The normalized spacial score (nSPS) is 35.4. The molecular weight excluding hydrogens is 198 g/mol. The first-order valence-corrected chi connectivity index (χ1v) is 5.94. The van der Waals surface area contributed by atoms with Crippen LogP contribution in [-0.4, -0.2) is 37.0 Å². The molecule has 2 atom stereocenters. The van der Waals surface area contributed by atoms with E-state index in [1.165, 1.54) is 0 Å². The Morgan fingerprint density at radius 3 is 2.80 bits per heavy atom. The zero-order chi connectivity index (χ0) is 10.9. The minimum Gasteiger partial charge on any atom is -0.330 e. The van der Waals surface area contributed by atoms with Crippen molar-refractivity contribution >= 4 is 0 Å². The molecule has 0 bridgehead atoms. The van der Waals surface area contributed by atoms with Gasteiger partial charge in [0, 0.05) is 25.4 Å². The van der Waals surface area contributed by atoms with Gasteiger partial charge >= 0.3 is 0 Å². The highest BCUT2D eigenvalue weighted by atomic mass is 19.3. The van der Waals surface area contributed by atoms with E-state index in [1.807, 2.05) is 0 Å². The van der Waals surface area contributed by atoms with Crippen molar-refractivity contribution in [3.05, 3.63) is 0 Å². The van der Waals surface area contributed by atoms with Crippen LogP contribution in [0.2, 0.25) is 0 Å². The molecule has 2 fully saturated rings. The summed E-state index contributed by atoms with van der Waals surface area (Å²) in [5.41, 5.74) is 5.43. The number of alkyl halides is 2. The first kappa shape index (κ1) is 11.3. The van der Waals surface area contributed by atoms with Crippen LogP contribution in [0.5, 0.6) is 0 Å². The predicted molar refractivity (Wildman–Crippen MR) is 55.9 cm³/mol. The molecule has 0 aromatic carbocycles. The number of rotatable bonds is 3. The lowest BCUT2D eigenvalue weighted by molar-refractivity contribution is -0.0945. The molecule has 0 aromatic rings. The molecule has 2 rings (SSSR count).